The molecule has 1 aliphatic rings. The van der Waals surface area contributed by atoms with Crippen LogP contribution in [-0.2, 0) is 10.0 Å². The van der Waals surface area contributed by atoms with Crippen LogP contribution < -0.4 is 19.9 Å². The summed E-state index contributed by atoms with van der Waals surface area (Å²) in [6.07, 6.45) is 0. The molecule has 0 bridgehead atoms. The zero-order valence-electron chi connectivity index (χ0n) is 11.9. The van der Waals surface area contributed by atoms with Crippen LogP contribution in [0.15, 0.2) is 23.1 Å². The van der Waals surface area contributed by atoms with Gasteiger partial charge in [-0.2, -0.15) is 0 Å². The number of ether oxygens (including phenoxy) is 2. The van der Waals surface area contributed by atoms with Crippen LogP contribution >= 0.6 is 12.2 Å². The normalized spacial score (nSPS) is 14.8. The summed E-state index contributed by atoms with van der Waals surface area (Å²) in [6, 6.07) is 4.51. The van der Waals surface area contributed by atoms with Gasteiger partial charge in [-0.3, -0.25) is 0 Å². The predicted molar refractivity (Wildman–Crippen MR) is 83.2 cm³/mol. The van der Waals surface area contributed by atoms with Crippen molar-refractivity contribution in [1.29, 1.82) is 0 Å². The molecule has 116 valence electrons. The Kier molecular flexibility index (Phi) is 4.40. The number of hydrogen-bond donors (Lipinski definition) is 2. The standard InChI is InChI=1S/C13H18N2O4S2/c1-13(2,12(14)20)8-15-21(16,17)9-3-4-10-11(7-9)19-6-5-18-10/h3-4,7,15H,5-6,8H2,1-2H3,(H2,14,20). The van der Waals surface area contributed by atoms with Crippen molar-refractivity contribution in [2.24, 2.45) is 11.1 Å². The summed E-state index contributed by atoms with van der Waals surface area (Å²) in [6.45, 7) is 4.54. The van der Waals surface area contributed by atoms with Crippen molar-refractivity contribution in [2.75, 3.05) is 19.8 Å². The third-order valence-corrected chi connectivity index (χ3v) is 5.15. The summed E-state index contributed by atoms with van der Waals surface area (Å²) in [5.41, 5.74) is 4.99. The molecule has 0 atom stereocenters. The largest absolute Gasteiger partial charge is 0.486 e. The van der Waals surface area contributed by atoms with Gasteiger partial charge in [0, 0.05) is 18.0 Å². The van der Waals surface area contributed by atoms with E-state index in [0.29, 0.717) is 24.7 Å². The molecule has 0 fully saturated rings. The van der Waals surface area contributed by atoms with Crippen LogP contribution in [0.4, 0.5) is 0 Å². The van der Waals surface area contributed by atoms with Crippen molar-refractivity contribution in [3.63, 3.8) is 0 Å². The maximum absolute atomic E-state index is 12.3. The molecule has 0 saturated carbocycles. The molecule has 2 rings (SSSR count). The summed E-state index contributed by atoms with van der Waals surface area (Å²) in [5.74, 6) is 0.974. The maximum atomic E-state index is 12.3. The summed E-state index contributed by atoms with van der Waals surface area (Å²) >= 11 is 4.92. The first-order valence-electron chi connectivity index (χ1n) is 6.42. The quantitative estimate of drug-likeness (QED) is 0.784. The molecule has 1 aromatic carbocycles. The Labute approximate surface area is 129 Å². The van der Waals surface area contributed by atoms with Crippen molar-refractivity contribution in [3.8, 4) is 11.5 Å². The molecule has 0 saturated heterocycles. The van der Waals surface area contributed by atoms with Gasteiger partial charge >= 0.3 is 0 Å². The van der Waals surface area contributed by atoms with Crippen LogP contribution in [0.5, 0.6) is 11.5 Å². The van der Waals surface area contributed by atoms with Crippen molar-refractivity contribution in [3.05, 3.63) is 18.2 Å². The molecule has 0 aliphatic carbocycles. The molecule has 8 heteroatoms. The summed E-state index contributed by atoms with van der Waals surface area (Å²) in [4.78, 5) is 0.373. The van der Waals surface area contributed by atoms with Gasteiger partial charge in [-0.15, -0.1) is 0 Å². The molecule has 0 radical (unpaired) electrons. The average Bonchev–Trinajstić information content (AvgIpc) is 2.45. The Hall–Kier alpha value is -1.38. The molecule has 1 aromatic rings. The molecule has 0 unspecified atom stereocenters. The molecule has 3 N–H and O–H groups in total. The van der Waals surface area contributed by atoms with Crippen molar-refractivity contribution >= 4 is 27.2 Å². The number of nitrogens with two attached hydrogens (primary N) is 1. The topological polar surface area (TPSA) is 90.7 Å². The van der Waals surface area contributed by atoms with E-state index in [1.54, 1.807) is 19.9 Å². The molecule has 0 spiro atoms. The minimum Gasteiger partial charge on any atom is -0.486 e. The Morgan fingerprint density at radius 3 is 2.57 bits per heavy atom. The average molecular weight is 330 g/mol. The lowest BCUT2D eigenvalue weighted by atomic mass is 9.94. The molecule has 6 nitrogen and oxygen atoms in total. The van der Waals surface area contributed by atoms with E-state index in [9.17, 15) is 8.42 Å². The highest BCUT2D eigenvalue weighted by atomic mass is 32.2. The van der Waals surface area contributed by atoms with E-state index >= 15 is 0 Å². The Morgan fingerprint density at radius 2 is 1.95 bits per heavy atom. The van der Waals surface area contributed by atoms with Crippen LogP contribution in [-0.4, -0.2) is 33.2 Å². The Bertz CT molecular complexity index is 656. The van der Waals surface area contributed by atoms with E-state index in [0.717, 1.165) is 0 Å². The number of fused-ring (bicyclic) bond motifs is 1. The van der Waals surface area contributed by atoms with Gasteiger partial charge in [0.1, 0.15) is 13.2 Å². The fourth-order valence-corrected chi connectivity index (χ4v) is 2.94. The van der Waals surface area contributed by atoms with Gasteiger partial charge in [-0.1, -0.05) is 26.1 Å². The number of hydrogen-bond acceptors (Lipinski definition) is 5. The van der Waals surface area contributed by atoms with Gasteiger partial charge in [0.05, 0.1) is 9.88 Å². The molecule has 21 heavy (non-hydrogen) atoms. The van der Waals surface area contributed by atoms with E-state index < -0.39 is 15.4 Å². The predicted octanol–water partition coefficient (Wildman–Crippen LogP) is 1.05. The highest BCUT2D eigenvalue weighted by molar-refractivity contribution is 7.89. The van der Waals surface area contributed by atoms with Gasteiger partial charge < -0.3 is 15.2 Å². The first-order chi connectivity index (χ1) is 9.72. The molecule has 1 heterocycles. The fraction of sp³-hybridized carbons (Fsp3) is 0.462. The minimum absolute atomic E-state index is 0.116. The van der Waals surface area contributed by atoms with Crippen molar-refractivity contribution in [2.45, 2.75) is 18.7 Å². The molecule has 1 aliphatic heterocycles. The molecule has 0 amide bonds. The second-order valence-electron chi connectivity index (χ2n) is 5.38. The summed E-state index contributed by atoms with van der Waals surface area (Å²) in [5, 5.41) is 0. The number of rotatable bonds is 5. The van der Waals surface area contributed by atoms with Gasteiger partial charge in [0.2, 0.25) is 10.0 Å². The molecular formula is C13H18N2O4S2. The van der Waals surface area contributed by atoms with Crippen LogP contribution in [0.2, 0.25) is 0 Å². The second kappa shape index (κ2) is 5.78. The van der Waals surface area contributed by atoms with Crippen LogP contribution in [0.25, 0.3) is 0 Å². The monoisotopic (exact) mass is 330 g/mol. The van der Waals surface area contributed by atoms with Crippen LogP contribution in [0.3, 0.4) is 0 Å². The van der Waals surface area contributed by atoms with Gasteiger partial charge in [-0.25, -0.2) is 13.1 Å². The van der Waals surface area contributed by atoms with E-state index in [4.69, 9.17) is 27.4 Å². The number of sulfonamides is 1. The SMILES string of the molecule is CC(C)(CNS(=O)(=O)c1ccc2c(c1)OCCO2)C(N)=S. The number of thiocarbonyl (C=S) groups is 1. The van der Waals surface area contributed by atoms with Gasteiger partial charge in [-0.05, 0) is 12.1 Å². The third-order valence-electron chi connectivity index (χ3n) is 3.20. The van der Waals surface area contributed by atoms with E-state index in [1.807, 2.05) is 0 Å². The molecule has 0 aromatic heterocycles. The van der Waals surface area contributed by atoms with E-state index in [1.165, 1.54) is 12.1 Å². The lowest BCUT2D eigenvalue weighted by Crippen LogP contribution is -2.41. The Balaban J connectivity index is 2.18. The highest BCUT2D eigenvalue weighted by Crippen LogP contribution is 2.32. The van der Waals surface area contributed by atoms with Crippen molar-refractivity contribution < 1.29 is 17.9 Å². The third kappa shape index (κ3) is 3.63. The highest BCUT2D eigenvalue weighted by Gasteiger charge is 2.26. The van der Waals surface area contributed by atoms with Crippen molar-refractivity contribution in [1.82, 2.24) is 4.72 Å². The van der Waals surface area contributed by atoms with Crippen LogP contribution in [0.1, 0.15) is 13.8 Å². The molecular weight excluding hydrogens is 312 g/mol. The summed E-state index contributed by atoms with van der Waals surface area (Å²) in [7, 11) is -3.66. The smallest absolute Gasteiger partial charge is 0.240 e. The van der Waals surface area contributed by atoms with E-state index in [-0.39, 0.29) is 16.4 Å². The first-order valence-corrected chi connectivity index (χ1v) is 8.31. The summed E-state index contributed by atoms with van der Waals surface area (Å²) < 4.78 is 37.9. The lowest BCUT2D eigenvalue weighted by molar-refractivity contribution is 0.171. The number of nitrogens with one attached hydrogen (secondary N) is 1. The first kappa shape index (κ1) is 16.0. The van der Waals surface area contributed by atoms with Crippen LogP contribution in [0, 0.1) is 5.41 Å². The van der Waals surface area contributed by atoms with Gasteiger partial charge in [0.25, 0.3) is 0 Å². The second-order valence-corrected chi connectivity index (χ2v) is 7.58. The zero-order chi connectivity index (χ0) is 15.7. The van der Waals surface area contributed by atoms with E-state index in [2.05, 4.69) is 4.72 Å². The minimum atomic E-state index is -3.66. The number of benzene rings is 1. The lowest BCUT2D eigenvalue weighted by Gasteiger charge is -2.23. The fourth-order valence-electron chi connectivity index (χ4n) is 1.64. The Morgan fingerprint density at radius 1 is 1.33 bits per heavy atom. The van der Waals surface area contributed by atoms with Gasteiger partial charge in [0.15, 0.2) is 11.5 Å². The zero-order valence-corrected chi connectivity index (χ0v) is 13.5. The maximum Gasteiger partial charge on any atom is 0.240 e.